The molecule has 0 saturated carbocycles. The minimum Gasteiger partial charge on any atom is -0.289 e. The van der Waals surface area contributed by atoms with E-state index in [9.17, 15) is 14.9 Å². The fraction of sp³-hybridized carbons (Fsp3) is 0. The van der Waals surface area contributed by atoms with Gasteiger partial charge in [-0.05, 0) is 54.6 Å². The zero-order valence-electron chi connectivity index (χ0n) is 16.5. The van der Waals surface area contributed by atoms with Crippen LogP contribution in [-0.2, 0) is 0 Å². The molecule has 0 unspecified atom stereocenters. The van der Waals surface area contributed by atoms with Crippen molar-refractivity contribution in [1.82, 2.24) is 9.78 Å². The predicted octanol–water partition coefficient (Wildman–Crippen LogP) is 6.65. The summed E-state index contributed by atoms with van der Waals surface area (Å²) in [5, 5.41) is 16.3. The van der Waals surface area contributed by atoms with E-state index in [1.807, 2.05) is 30.3 Å². The van der Waals surface area contributed by atoms with Crippen LogP contribution in [0, 0.1) is 10.1 Å². The second-order valence-electron chi connectivity index (χ2n) is 6.84. The number of benzene rings is 3. The van der Waals surface area contributed by atoms with Crippen molar-refractivity contribution in [2.24, 2.45) is 0 Å². The number of ketones is 1. The molecule has 32 heavy (non-hydrogen) atoms. The van der Waals surface area contributed by atoms with Crippen LogP contribution in [0.25, 0.3) is 23.0 Å². The van der Waals surface area contributed by atoms with Crippen LogP contribution in [0.4, 0.5) is 5.69 Å². The van der Waals surface area contributed by atoms with Gasteiger partial charge in [-0.25, -0.2) is 4.68 Å². The first-order valence-electron chi connectivity index (χ1n) is 9.50. The van der Waals surface area contributed by atoms with Gasteiger partial charge >= 0.3 is 0 Å². The Morgan fingerprint density at radius 3 is 2.38 bits per heavy atom. The van der Waals surface area contributed by atoms with Crippen molar-refractivity contribution in [3.63, 3.8) is 0 Å². The molecule has 0 saturated heterocycles. The Morgan fingerprint density at radius 1 is 1.00 bits per heavy atom. The Hall–Kier alpha value is -3.74. The summed E-state index contributed by atoms with van der Waals surface area (Å²) in [7, 11) is 0. The van der Waals surface area contributed by atoms with E-state index in [4.69, 9.17) is 23.2 Å². The molecule has 4 aromatic rings. The minimum absolute atomic E-state index is 0.0131. The maximum atomic E-state index is 12.7. The lowest BCUT2D eigenvalue weighted by molar-refractivity contribution is -0.384. The number of halogens is 2. The molecule has 1 aromatic heterocycles. The van der Waals surface area contributed by atoms with Crippen molar-refractivity contribution in [2.75, 3.05) is 0 Å². The van der Waals surface area contributed by atoms with Gasteiger partial charge in [-0.15, -0.1) is 0 Å². The molecule has 3 aromatic carbocycles. The summed E-state index contributed by atoms with van der Waals surface area (Å²) in [6.07, 6.45) is 4.85. The average Bonchev–Trinajstić information content (AvgIpc) is 3.22. The van der Waals surface area contributed by atoms with Crippen molar-refractivity contribution in [2.45, 2.75) is 0 Å². The van der Waals surface area contributed by atoms with Gasteiger partial charge in [0.1, 0.15) is 0 Å². The Kier molecular flexibility index (Phi) is 6.16. The van der Waals surface area contributed by atoms with Gasteiger partial charge in [0, 0.05) is 40.0 Å². The second kappa shape index (κ2) is 9.18. The number of aromatic nitrogens is 2. The van der Waals surface area contributed by atoms with Crippen molar-refractivity contribution in [3.05, 3.63) is 116 Å². The highest BCUT2D eigenvalue weighted by atomic mass is 35.5. The molecular formula is C24H15Cl2N3O3. The van der Waals surface area contributed by atoms with Crippen LogP contribution in [0.1, 0.15) is 15.9 Å². The van der Waals surface area contributed by atoms with E-state index in [1.165, 1.54) is 24.3 Å². The average molecular weight is 464 g/mol. The maximum absolute atomic E-state index is 12.7. The van der Waals surface area contributed by atoms with Gasteiger partial charge in [0.05, 0.1) is 21.3 Å². The van der Waals surface area contributed by atoms with Gasteiger partial charge in [-0.3, -0.25) is 14.9 Å². The minimum atomic E-state index is -0.457. The van der Waals surface area contributed by atoms with Crippen LogP contribution in [-0.4, -0.2) is 20.5 Å². The number of hydrogen-bond donors (Lipinski definition) is 0. The summed E-state index contributed by atoms with van der Waals surface area (Å²) in [5.41, 5.74) is 3.08. The van der Waals surface area contributed by atoms with Gasteiger partial charge in [0.15, 0.2) is 5.78 Å². The summed E-state index contributed by atoms with van der Waals surface area (Å²) >= 11 is 12.1. The summed E-state index contributed by atoms with van der Waals surface area (Å²) in [4.78, 5) is 23.2. The SMILES string of the molecule is O=C(C=Cc1cn(-c2ccccc2)nc1-c1ccc([N+](=O)[O-])cc1)c1ccc(Cl)cc1Cl. The number of non-ortho nitro benzene ring substituents is 1. The van der Waals surface area contributed by atoms with E-state index in [-0.39, 0.29) is 16.5 Å². The molecule has 0 spiro atoms. The Morgan fingerprint density at radius 2 is 1.72 bits per heavy atom. The maximum Gasteiger partial charge on any atom is 0.269 e. The zero-order valence-corrected chi connectivity index (χ0v) is 18.0. The zero-order chi connectivity index (χ0) is 22.7. The van der Waals surface area contributed by atoms with Crippen molar-refractivity contribution >= 4 is 40.7 Å². The standard InChI is InChI=1S/C24H15Cl2N3O3/c25-18-9-12-21(22(26)14-18)23(30)13-8-17-15-28(19-4-2-1-3-5-19)27-24(17)16-6-10-20(11-7-16)29(31)32/h1-15H. The third-order valence-electron chi connectivity index (χ3n) is 4.73. The molecule has 0 fully saturated rings. The van der Waals surface area contributed by atoms with Gasteiger partial charge < -0.3 is 0 Å². The molecule has 158 valence electrons. The molecule has 6 nitrogen and oxygen atoms in total. The smallest absolute Gasteiger partial charge is 0.269 e. The molecule has 4 rings (SSSR count). The molecular weight excluding hydrogens is 449 g/mol. The Bertz CT molecular complexity index is 1330. The lowest BCUT2D eigenvalue weighted by Crippen LogP contribution is -1.95. The van der Waals surface area contributed by atoms with Crippen LogP contribution >= 0.6 is 23.2 Å². The number of para-hydroxylation sites is 1. The number of nitro benzene ring substituents is 1. The van der Waals surface area contributed by atoms with Gasteiger partial charge in [-0.2, -0.15) is 5.10 Å². The van der Waals surface area contributed by atoms with Crippen LogP contribution in [0.3, 0.4) is 0 Å². The number of carbonyl (C=O) groups excluding carboxylic acids is 1. The number of carbonyl (C=O) groups is 1. The molecule has 0 atom stereocenters. The number of nitrogens with zero attached hydrogens (tertiary/aromatic N) is 3. The first-order valence-corrected chi connectivity index (χ1v) is 10.3. The summed E-state index contributed by atoms with van der Waals surface area (Å²) in [6, 6.07) is 20.3. The normalized spacial score (nSPS) is 11.1. The number of hydrogen-bond acceptors (Lipinski definition) is 4. The van der Waals surface area contributed by atoms with Crippen LogP contribution in [0.5, 0.6) is 0 Å². The van der Waals surface area contributed by atoms with Gasteiger partial charge in [0.25, 0.3) is 5.69 Å². The summed E-state index contributed by atoms with van der Waals surface area (Å²) in [6.45, 7) is 0. The molecule has 0 radical (unpaired) electrons. The van der Waals surface area contributed by atoms with E-state index < -0.39 is 4.92 Å². The number of rotatable bonds is 6. The van der Waals surface area contributed by atoms with Crippen LogP contribution in [0.2, 0.25) is 10.0 Å². The number of allylic oxidation sites excluding steroid dienone is 1. The highest BCUT2D eigenvalue weighted by Gasteiger charge is 2.14. The molecule has 0 aliphatic rings. The van der Waals surface area contributed by atoms with Crippen LogP contribution in [0.15, 0.2) is 85.1 Å². The van der Waals surface area contributed by atoms with E-state index in [0.717, 1.165) is 5.69 Å². The molecule has 0 aliphatic heterocycles. The van der Waals surface area contributed by atoms with E-state index >= 15 is 0 Å². The molecule has 1 heterocycles. The second-order valence-corrected chi connectivity index (χ2v) is 7.68. The van der Waals surface area contributed by atoms with Crippen molar-refractivity contribution in [3.8, 4) is 16.9 Å². The first kappa shape index (κ1) is 21.5. The third kappa shape index (κ3) is 4.61. The molecule has 0 N–H and O–H groups in total. The lowest BCUT2D eigenvalue weighted by Gasteiger charge is -2.01. The van der Waals surface area contributed by atoms with E-state index in [0.29, 0.717) is 27.4 Å². The molecule has 0 amide bonds. The monoisotopic (exact) mass is 463 g/mol. The lowest BCUT2D eigenvalue weighted by atomic mass is 10.1. The highest BCUT2D eigenvalue weighted by molar-refractivity contribution is 6.37. The van der Waals surface area contributed by atoms with Crippen LogP contribution < -0.4 is 0 Å². The largest absolute Gasteiger partial charge is 0.289 e. The van der Waals surface area contributed by atoms with Gasteiger partial charge in [0.2, 0.25) is 0 Å². The summed E-state index contributed by atoms with van der Waals surface area (Å²) < 4.78 is 1.69. The van der Waals surface area contributed by atoms with Crippen molar-refractivity contribution in [1.29, 1.82) is 0 Å². The molecule has 0 bridgehead atoms. The Labute approximate surface area is 193 Å². The third-order valence-corrected chi connectivity index (χ3v) is 5.27. The molecule has 8 heteroatoms. The molecule has 0 aliphatic carbocycles. The Balaban J connectivity index is 1.74. The van der Waals surface area contributed by atoms with Gasteiger partial charge in [-0.1, -0.05) is 41.4 Å². The fourth-order valence-electron chi connectivity index (χ4n) is 3.13. The summed E-state index contributed by atoms with van der Waals surface area (Å²) in [5.74, 6) is -0.284. The van der Waals surface area contributed by atoms with E-state index in [2.05, 4.69) is 5.10 Å². The fourth-order valence-corrected chi connectivity index (χ4v) is 3.63. The van der Waals surface area contributed by atoms with E-state index in [1.54, 1.807) is 41.2 Å². The van der Waals surface area contributed by atoms with Crippen molar-refractivity contribution < 1.29 is 9.72 Å². The number of nitro groups is 1. The first-order chi connectivity index (χ1) is 15.4. The highest BCUT2D eigenvalue weighted by Crippen LogP contribution is 2.27. The topological polar surface area (TPSA) is 78.0 Å². The quantitative estimate of drug-likeness (QED) is 0.139. The predicted molar refractivity (Wildman–Crippen MR) is 125 cm³/mol.